The van der Waals surface area contributed by atoms with Crippen LogP contribution in [0.25, 0.3) is 0 Å². The lowest BCUT2D eigenvalue weighted by atomic mass is 10.0. The van der Waals surface area contributed by atoms with E-state index in [-0.39, 0.29) is 16.9 Å². The first-order chi connectivity index (χ1) is 8.04. The van der Waals surface area contributed by atoms with Crippen molar-refractivity contribution in [3.8, 4) is 17.6 Å². The summed E-state index contributed by atoms with van der Waals surface area (Å²) in [5, 5.41) is 28.1. The Morgan fingerprint density at radius 1 is 1.47 bits per heavy atom. The summed E-state index contributed by atoms with van der Waals surface area (Å²) in [7, 11) is 2.40. The van der Waals surface area contributed by atoms with E-state index >= 15 is 0 Å². The van der Waals surface area contributed by atoms with Crippen molar-refractivity contribution in [2.45, 2.75) is 6.10 Å². The van der Waals surface area contributed by atoms with Gasteiger partial charge in [-0.1, -0.05) is 0 Å². The number of phenols is 1. The first kappa shape index (κ1) is 12.8. The van der Waals surface area contributed by atoms with Gasteiger partial charge in [-0.15, -0.1) is 0 Å². The third kappa shape index (κ3) is 2.46. The first-order valence-corrected chi connectivity index (χ1v) is 4.62. The molecule has 2 N–H and O–H groups in total. The monoisotopic (exact) mass is 237 g/mol. The molecule has 0 aliphatic rings. The van der Waals surface area contributed by atoms with Crippen molar-refractivity contribution in [3.63, 3.8) is 0 Å². The number of benzene rings is 1. The molecule has 6 heteroatoms. The number of aromatic hydroxyl groups is 1. The van der Waals surface area contributed by atoms with Crippen LogP contribution in [0.5, 0.6) is 11.5 Å². The van der Waals surface area contributed by atoms with Gasteiger partial charge in [-0.3, -0.25) is 0 Å². The van der Waals surface area contributed by atoms with Crippen molar-refractivity contribution < 1.29 is 24.5 Å². The Hall–Kier alpha value is -2.26. The SMILES string of the molecule is COC(=O)C(O)c1cc(C#N)cc(OC)c1O. The molecule has 0 saturated heterocycles. The number of esters is 1. The van der Waals surface area contributed by atoms with E-state index in [2.05, 4.69) is 4.74 Å². The fourth-order valence-electron chi connectivity index (χ4n) is 1.30. The van der Waals surface area contributed by atoms with Gasteiger partial charge in [-0.2, -0.15) is 5.26 Å². The van der Waals surface area contributed by atoms with E-state index in [0.29, 0.717) is 0 Å². The third-order valence-electron chi connectivity index (χ3n) is 2.17. The molecule has 1 atom stereocenters. The van der Waals surface area contributed by atoms with Crippen molar-refractivity contribution >= 4 is 5.97 Å². The van der Waals surface area contributed by atoms with Crippen LogP contribution >= 0.6 is 0 Å². The van der Waals surface area contributed by atoms with Crippen LogP contribution in [0.2, 0.25) is 0 Å². The Kier molecular flexibility index (Phi) is 3.91. The highest BCUT2D eigenvalue weighted by Crippen LogP contribution is 2.35. The smallest absolute Gasteiger partial charge is 0.339 e. The number of hydrogen-bond acceptors (Lipinski definition) is 6. The van der Waals surface area contributed by atoms with Crippen molar-refractivity contribution in [2.24, 2.45) is 0 Å². The minimum absolute atomic E-state index is 0.00185. The summed E-state index contributed by atoms with van der Waals surface area (Å²) in [6, 6.07) is 4.32. The molecule has 0 fully saturated rings. The van der Waals surface area contributed by atoms with E-state index in [1.54, 1.807) is 0 Å². The summed E-state index contributed by atoms with van der Waals surface area (Å²) in [4.78, 5) is 11.2. The number of methoxy groups -OCH3 is 2. The van der Waals surface area contributed by atoms with Crippen molar-refractivity contribution in [1.82, 2.24) is 0 Å². The Balaban J connectivity index is 3.32. The highest BCUT2D eigenvalue weighted by molar-refractivity contribution is 5.78. The molecule has 0 saturated carbocycles. The minimum atomic E-state index is -1.66. The summed E-state index contributed by atoms with van der Waals surface area (Å²) in [5.74, 6) is -1.33. The molecule has 1 rings (SSSR count). The van der Waals surface area contributed by atoms with E-state index in [0.717, 1.165) is 7.11 Å². The largest absolute Gasteiger partial charge is 0.504 e. The lowest BCUT2D eigenvalue weighted by molar-refractivity contribution is -0.150. The number of aliphatic hydroxyl groups excluding tert-OH is 1. The molecular formula is C11H11NO5. The number of rotatable bonds is 3. The van der Waals surface area contributed by atoms with Gasteiger partial charge in [0.05, 0.1) is 25.9 Å². The maximum Gasteiger partial charge on any atom is 0.339 e. The van der Waals surface area contributed by atoms with Gasteiger partial charge < -0.3 is 19.7 Å². The van der Waals surface area contributed by atoms with Crippen LogP contribution in [-0.2, 0) is 9.53 Å². The minimum Gasteiger partial charge on any atom is -0.504 e. The molecular weight excluding hydrogens is 226 g/mol. The molecule has 0 radical (unpaired) electrons. The topological polar surface area (TPSA) is 99.8 Å². The Morgan fingerprint density at radius 3 is 2.59 bits per heavy atom. The Bertz CT molecular complexity index is 477. The van der Waals surface area contributed by atoms with Gasteiger partial charge in [-0.25, -0.2) is 4.79 Å². The second-order valence-corrected chi connectivity index (χ2v) is 3.15. The van der Waals surface area contributed by atoms with Gasteiger partial charge >= 0.3 is 5.97 Å². The highest BCUT2D eigenvalue weighted by Gasteiger charge is 2.24. The molecule has 0 bridgehead atoms. The summed E-state index contributed by atoms with van der Waals surface area (Å²) < 4.78 is 9.17. The molecule has 90 valence electrons. The van der Waals surface area contributed by atoms with E-state index in [1.807, 2.05) is 6.07 Å². The fraction of sp³-hybridized carbons (Fsp3) is 0.273. The number of nitrogens with zero attached hydrogens (tertiary/aromatic N) is 1. The average Bonchev–Trinajstić information content (AvgIpc) is 2.37. The average molecular weight is 237 g/mol. The molecule has 17 heavy (non-hydrogen) atoms. The predicted octanol–water partition coefficient (Wildman–Crippen LogP) is 0.479. The fourth-order valence-corrected chi connectivity index (χ4v) is 1.30. The quantitative estimate of drug-likeness (QED) is 0.741. The highest BCUT2D eigenvalue weighted by atomic mass is 16.5. The Morgan fingerprint density at radius 2 is 2.12 bits per heavy atom. The molecule has 1 aromatic carbocycles. The zero-order valence-electron chi connectivity index (χ0n) is 9.30. The van der Waals surface area contributed by atoms with E-state index in [9.17, 15) is 15.0 Å². The van der Waals surface area contributed by atoms with Crippen LogP contribution in [0.4, 0.5) is 0 Å². The first-order valence-electron chi connectivity index (χ1n) is 4.62. The standard InChI is InChI=1S/C11H11NO5/c1-16-8-4-6(5-12)3-7(9(8)13)10(14)11(15)17-2/h3-4,10,13-14H,1-2H3. The van der Waals surface area contributed by atoms with Crippen molar-refractivity contribution in [2.75, 3.05) is 14.2 Å². The van der Waals surface area contributed by atoms with Gasteiger partial charge in [0.2, 0.25) is 0 Å². The second kappa shape index (κ2) is 5.18. The third-order valence-corrected chi connectivity index (χ3v) is 2.17. The van der Waals surface area contributed by atoms with Crippen LogP contribution in [0.1, 0.15) is 17.2 Å². The van der Waals surface area contributed by atoms with E-state index < -0.39 is 17.8 Å². The summed E-state index contributed by atoms with van der Waals surface area (Å²) in [6.07, 6.45) is -1.66. The molecule has 1 unspecified atom stereocenters. The molecule has 1 aromatic rings. The molecule has 6 nitrogen and oxygen atoms in total. The van der Waals surface area contributed by atoms with Crippen molar-refractivity contribution in [1.29, 1.82) is 5.26 Å². The number of aliphatic hydroxyl groups is 1. The van der Waals surface area contributed by atoms with Crippen LogP contribution in [-0.4, -0.2) is 30.4 Å². The maximum absolute atomic E-state index is 11.2. The molecule has 0 amide bonds. The van der Waals surface area contributed by atoms with E-state index in [1.165, 1.54) is 19.2 Å². The maximum atomic E-state index is 11.2. The predicted molar refractivity (Wildman–Crippen MR) is 56.3 cm³/mol. The van der Waals surface area contributed by atoms with Gasteiger partial charge in [0.25, 0.3) is 0 Å². The van der Waals surface area contributed by atoms with Crippen LogP contribution in [0, 0.1) is 11.3 Å². The van der Waals surface area contributed by atoms with Crippen LogP contribution in [0.3, 0.4) is 0 Å². The number of ether oxygens (including phenoxy) is 2. The summed E-state index contributed by atoms with van der Waals surface area (Å²) in [5.41, 5.74) is 0.0188. The van der Waals surface area contributed by atoms with Crippen molar-refractivity contribution in [3.05, 3.63) is 23.3 Å². The summed E-state index contributed by atoms with van der Waals surface area (Å²) in [6.45, 7) is 0. The molecule has 0 spiro atoms. The number of carbonyl (C=O) groups is 1. The number of hydrogen-bond donors (Lipinski definition) is 2. The molecule has 0 aromatic heterocycles. The summed E-state index contributed by atoms with van der Waals surface area (Å²) >= 11 is 0. The van der Waals surface area contributed by atoms with Gasteiger partial charge in [0.15, 0.2) is 17.6 Å². The molecule has 0 aliphatic carbocycles. The van der Waals surface area contributed by atoms with Crippen LogP contribution < -0.4 is 4.74 Å². The molecule has 0 heterocycles. The van der Waals surface area contributed by atoms with Gasteiger partial charge in [0.1, 0.15) is 0 Å². The number of nitriles is 1. The van der Waals surface area contributed by atoms with Gasteiger partial charge in [-0.05, 0) is 6.07 Å². The Labute approximate surface area is 97.6 Å². The zero-order valence-corrected chi connectivity index (χ0v) is 9.30. The molecule has 0 aliphatic heterocycles. The van der Waals surface area contributed by atoms with Crippen LogP contribution in [0.15, 0.2) is 12.1 Å². The normalized spacial score (nSPS) is 11.4. The van der Waals surface area contributed by atoms with E-state index in [4.69, 9.17) is 10.00 Å². The number of carbonyl (C=O) groups excluding carboxylic acids is 1. The number of phenolic OH excluding ortho intramolecular Hbond substituents is 1. The zero-order chi connectivity index (χ0) is 13.0. The second-order valence-electron chi connectivity index (χ2n) is 3.15. The van der Waals surface area contributed by atoms with Gasteiger partial charge in [0, 0.05) is 11.6 Å². The lowest BCUT2D eigenvalue weighted by Crippen LogP contribution is -2.14. The lowest BCUT2D eigenvalue weighted by Gasteiger charge is -2.13.